The van der Waals surface area contributed by atoms with Crippen molar-refractivity contribution in [2.75, 3.05) is 12.4 Å². The Morgan fingerprint density at radius 3 is 2.03 bits per heavy atom. The molecular weight excluding hydrogens is 482 g/mol. The zero-order chi connectivity index (χ0) is 26.4. The molecule has 0 aliphatic rings. The number of amidine groups is 1. The van der Waals surface area contributed by atoms with Crippen molar-refractivity contribution < 1.29 is 0 Å². The summed E-state index contributed by atoms with van der Waals surface area (Å²) in [5.74, 6) is 2.16. The van der Waals surface area contributed by atoms with Crippen molar-refractivity contribution >= 4 is 11.5 Å². The highest BCUT2D eigenvalue weighted by molar-refractivity contribution is 6.08. The number of hydrogen-bond acceptors (Lipinski definition) is 5. The molecule has 7 heteroatoms. The number of rotatable bonds is 6. The van der Waals surface area contributed by atoms with E-state index in [1.807, 2.05) is 126 Å². The van der Waals surface area contributed by atoms with Crippen LogP contribution >= 0.6 is 0 Å². The first-order valence-corrected chi connectivity index (χ1v) is 12.6. The van der Waals surface area contributed by atoms with Crippen molar-refractivity contribution in [2.45, 2.75) is 0 Å². The first-order valence-electron chi connectivity index (χ1n) is 12.6. The standard InChI is InChI=1S/C32H25N7/c1-33-30(35-25-11-4-2-5-12-25)23-18-20-24(21-19-23)31-37-38-32(39(31)26-13-6-3-7-14-26)29-17-10-16-28(36-29)27-15-8-9-22-34-27/h2-22H,1H3,(H,33,35). The van der Waals surface area contributed by atoms with Gasteiger partial charge >= 0.3 is 0 Å². The Balaban J connectivity index is 1.39. The first-order chi connectivity index (χ1) is 19.3. The number of nitrogens with zero attached hydrogens (tertiary/aromatic N) is 6. The fourth-order valence-corrected chi connectivity index (χ4v) is 4.37. The maximum Gasteiger partial charge on any atom is 0.187 e. The molecular formula is C32H25N7. The van der Waals surface area contributed by atoms with Crippen molar-refractivity contribution in [1.82, 2.24) is 24.7 Å². The van der Waals surface area contributed by atoms with E-state index in [0.717, 1.165) is 45.5 Å². The van der Waals surface area contributed by atoms with Gasteiger partial charge in [-0.05, 0) is 48.5 Å². The van der Waals surface area contributed by atoms with Gasteiger partial charge in [-0.15, -0.1) is 10.2 Å². The molecule has 39 heavy (non-hydrogen) atoms. The Hall–Kier alpha value is -5.43. The predicted octanol–water partition coefficient (Wildman–Crippen LogP) is 6.55. The summed E-state index contributed by atoms with van der Waals surface area (Å²) < 4.78 is 2.04. The summed E-state index contributed by atoms with van der Waals surface area (Å²) in [5, 5.41) is 12.6. The third-order valence-corrected chi connectivity index (χ3v) is 6.26. The highest BCUT2D eigenvalue weighted by atomic mass is 15.3. The van der Waals surface area contributed by atoms with Gasteiger partial charge in [0.1, 0.15) is 11.5 Å². The van der Waals surface area contributed by atoms with E-state index < -0.39 is 0 Å². The van der Waals surface area contributed by atoms with Crippen LogP contribution < -0.4 is 5.32 Å². The minimum absolute atomic E-state index is 0.652. The quantitative estimate of drug-likeness (QED) is 0.204. The summed E-state index contributed by atoms with van der Waals surface area (Å²) in [6.07, 6.45) is 1.77. The third kappa shape index (κ3) is 5.06. The lowest BCUT2D eigenvalue weighted by molar-refractivity contribution is 1.06. The van der Waals surface area contributed by atoms with Gasteiger partial charge in [-0.3, -0.25) is 14.5 Å². The number of para-hydroxylation sites is 2. The molecule has 0 saturated heterocycles. The summed E-state index contributed by atoms with van der Waals surface area (Å²) >= 11 is 0. The molecule has 0 aliphatic heterocycles. The van der Waals surface area contributed by atoms with Crippen molar-refractivity contribution in [3.63, 3.8) is 0 Å². The number of anilines is 1. The molecule has 7 nitrogen and oxygen atoms in total. The Bertz CT molecular complexity index is 1710. The summed E-state index contributed by atoms with van der Waals surface area (Å²) in [4.78, 5) is 13.8. The van der Waals surface area contributed by atoms with Gasteiger partial charge in [-0.1, -0.05) is 72.8 Å². The summed E-state index contributed by atoms with van der Waals surface area (Å²) in [6, 6.07) is 39.9. The van der Waals surface area contributed by atoms with E-state index in [1.165, 1.54) is 0 Å². The molecule has 0 bridgehead atoms. The van der Waals surface area contributed by atoms with E-state index >= 15 is 0 Å². The second kappa shape index (κ2) is 10.9. The van der Waals surface area contributed by atoms with Crippen molar-refractivity contribution in [3.8, 4) is 40.0 Å². The summed E-state index contributed by atoms with van der Waals surface area (Å²) in [6.45, 7) is 0. The van der Waals surface area contributed by atoms with Crippen LogP contribution in [0, 0.1) is 0 Å². The Kier molecular flexibility index (Phi) is 6.69. The molecule has 1 N–H and O–H groups in total. The number of benzene rings is 3. The summed E-state index contributed by atoms with van der Waals surface area (Å²) in [5.41, 5.74) is 6.12. The second-order valence-electron chi connectivity index (χ2n) is 8.78. The second-order valence-corrected chi connectivity index (χ2v) is 8.78. The molecule has 0 aliphatic carbocycles. The van der Waals surface area contributed by atoms with Crippen LogP contribution in [0.15, 0.2) is 133 Å². The largest absolute Gasteiger partial charge is 0.340 e. The topological polar surface area (TPSA) is 80.9 Å². The van der Waals surface area contributed by atoms with Crippen LogP contribution in [0.4, 0.5) is 5.69 Å². The number of pyridine rings is 2. The van der Waals surface area contributed by atoms with E-state index in [9.17, 15) is 0 Å². The van der Waals surface area contributed by atoms with Gasteiger partial charge in [0, 0.05) is 35.7 Å². The van der Waals surface area contributed by atoms with Crippen LogP contribution in [-0.2, 0) is 0 Å². The summed E-state index contributed by atoms with van der Waals surface area (Å²) in [7, 11) is 1.78. The molecule has 0 amide bonds. The van der Waals surface area contributed by atoms with Gasteiger partial charge in [0.2, 0.25) is 0 Å². The fourth-order valence-electron chi connectivity index (χ4n) is 4.37. The SMILES string of the molecule is CN=C(Nc1ccccc1)c1ccc(-c2nnc(-c3cccc(-c4ccccn4)n3)n2-c2ccccc2)cc1. The Labute approximate surface area is 226 Å². The molecule has 0 saturated carbocycles. The maximum atomic E-state index is 4.88. The van der Waals surface area contributed by atoms with E-state index in [0.29, 0.717) is 11.5 Å². The van der Waals surface area contributed by atoms with Gasteiger partial charge in [0.05, 0.1) is 11.4 Å². The zero-order valence-electron chi connectivity index (χ0n) is 21.3. The monoisotopic (exact) mass is 507 g/mol. The van der Waals surface area contributed by atoms with E-state index in [4.69, 9.17) is 4.98 Å². The van der Waals surface area contributed by atoms with Gasteiger partial charge in [0.25, 0.3) is 0 Å². The molecule has 6 rings (SSSR count). The van der Waals surface area contributed by atoms with Crippen LogP contribution in [0.2, 0.25) is 0 Å². The molecule has 3 aromatic heterocycles. The maximum absolute atomic E-state index is 4.88. The highest BCUT2D eigenvalue weighted by Gasteiger charge is 2.19. The van der Waals surface area contributed by atoms with E-state index in [1.54, 1.807) is 13.2 Å². The van der Waals surface area contributed by atoms with Gasteiger partial charge in [-0.25, -0.2) is 4.98 Å². The van der Waals surface area contributed by atoms with E-state index in [2.05, 4.69) is 25.5 Å². The van der Waals surface area contributed by atoms with Crippen LogP contribution in [0.5, 0.6) is 0 Å². The smallest absolute Gasteiger partial charge is 0.187 e. The molecule has 188 valence electrons. The van der Waals surface area contributed by atoms with Gasteiger partial charge in [0.15, 0.2) is 11.6 Å². The van der Waals surface area contributed by atoms with Crippen molar-refractivity contribution in [2.24, 2.45) is 4.99 Å². The third-order valence-electron chi connectivity index (χ3n) is 6.26. The normalized spacial score (nSPS) is 11.4. The molecule has 6 aromatic rings. The lowest BCUT2D eigenvalue weighted by atomic mass is 10.1. The Morgan fingerprint density at radius 2 is 1.31 bits per heavy atom. The number of nitrogens with one attached hydrogen (secondary N) is 1. The average Bonchev–Trinajstić information content (AvgIpc) is 3.47. The zero-order valence-corrected chi connectivity index (χ0v) is 21.3. The molecule has 0 atom stereocenters. The van der Waals surface area contributed by atoms with Gasteiger partial charge in [-0.2, -0.15) is 0 Å². The highest BCUT2D eigenvalue weighted by Crippen LogP contribution is 2.29. The van der Waals surface area contributed by atoms with E-state index in [-0.39, 0.29) is 0 Å². The minimum Gasteiger partial charge on any atom is -0.340 e. The van der Waals surface area contributed by atoms with Crippen LogP contribution in [-0.4, -0.2) is 37.6 Å². The lowest BCUT2D eigenvalue weighted by Gasteiger charge is -2.12. The molecule has 3 heterocycles. The molecule has 0 spiro atoms. The molecule has 0 unspecified atom stereocenters. The van der Waals surface area contributed by atoms with Crippen LogP contribution in [0.3, 0.4) is 0 Å². The van der Waals surface area contributed by atoms with Crippen LogP contribution in [0.1, 0.15) is 5.56 Å². The lowest BCUT2D eigenvalue weighted by Crippen LogP contribution is -2.13. The van der Waals surface area contributed by atoms with Crippen molar-refractivity contribution in [3.05, 3.63) is 133 Å². The first kappa shape index (κ1) is 23.9. The molecule has 0 fully saturated rings. The van der Waals surface area contributed by atoms with Gasteiger partial charge < -0.3 is 5.32 Å². The molecule has 0 radical (unpaired) electrons. The number of hydrogen-bond donors (Lipinski definition) is 1. The van der Waals surface area contributed by atoms with Crippen molar-refractivity contribution in [1.29, 1.82) is 0 Å². The number of aromatic nitrogens is 5. The fraction of sp³-hybridized carbons (Fsp3) is 0.0312. The molecule has 3 aromatic carbocycles. The van der Waals surface area contributed by atoms with Crippen LogP contribution in [0.25, 0.3) is 40.0 Å². The number of aliphatic imine (C=N–C) groups is 1. The Morgan fingerprint density at radius 1 is 0.641 bits per heavy atom. The predicted molar refractivity (Wildman–Crippen MR) is 156 cm³/mol. The minimum atomic E-state index is 0.652. The average molecular weight is 508 g/mol.